The third-order valence-electron chi connectivity index (χ3n) is 6.08. The lowest BCUT2D eigenvalue weighted by molar-refractivity contribution is -0.149. The van der Waals surface area contributed by atoms with E-state index < -0.39 is 47.9 Å². The van der Waals surface area contributed by atoms with Crippen molar-refractivity contribution < 1.29 is 33.8 Å². The van der Waals surface area contributed by atoms with Crippen LogP contribution in [0.4, 0.5) is 15.5 Å². The number of nitrogens with zero attached hydrogens (tertiary/aromatic N) is 5. The van der Waals surface area contributed by atoms with Gasteiger partial charge in [-0.15, -0.1) is 0 Å². The highest BCUT2D eigenvalue weighted by Gasteiger charge is 2.45. The number of rotatable bonds is 6. The van der Waals surface area contributed by atoms with E-state index in [4.69, 9.17) is 9.47 Å². The van der Waals surface area contributed by atoms with Crippen LogP contribution in [0.2, 0.25) is 0 Å². The van der Waals surface area contributed by atoms with E-state index >= 15 is 0 Å². The summed E-state index contributed by atoms with van der Waals surface area (Å²) in [6, 6.07) is -0.452. The Kier molecular flexibility index (Phi) is 8.77. The van der Waals surface area contributed by atoms with Crippen LogP contribution in [0.1, 0.15) is 41.0 Å². The molecule has 3 heterocycles. The number of aromatic nitrogens is 2. The maximum atomic E-state index is 13.3. The largest absolute Gasteiger partial charge is 0.480 e. The molecule has 2 aliphatic rings. The minimum absolute atomic E-state index is 0.0398. The minimum Gasteiger partial charge on any atom is -0.480 e. The molecule has 3 amide bonds. The molecule has 2 saturated heterocycles. The average Bonchev–Trinajstić information content (AvgIpc) is 3.25. The zero-order chi connectivity index (χ0) is 27.3. The van der Waals surface area contributed by atoms with Gasteiger partial charge in [0.2, 0.25) is 11.9 Å². The van der Waals surface area contributed by atoms with E-state index in [9.17, 15) is 24.3 Å². The standard InChI is InChI=1S/C24H36N6O7/c1-15(2)18(27-22(34)37-24(3,4)5)19(31)30-14-16(13-17(30)20(32)33)36-23(35)29-11-9-28(10-12-29)21-25-7-6-8-26-21/h6-8,15-18H,9-14H2,1-5H3,(H,27,34)(H,32,33)/t16-,17+,18+/m1/s1. The molecule has 37 heavy (non-hydrogen) atoms. The number of anilines is 1. The SMILES string of the molecule is CC(C)[C@H](NC(=O)OC(C)(C)C)C(=O)N1C[C@H](OC(=O)N2CCN(c3ncccn3)CC2)C[C@H]1C(=O)O. The monoisotopic (exact) mass is 520 g/mol. The molecular formula is C24H36N6O7. The summed E-state index contributed by atoms with van der Waals surface area (Å²) in [7, 11) is 0. The lowest BCUT2D eigenvalue weighted by Crippen LogP contribution is -2.54. The molecule has 3 atom stereocenters. The van der Waals surface area contributed by atoms with E-state index in [0.29, 0.717) is 32.1 Å². The molecular weight excluding hydrogens is 484 g/mol. The Bertz CT molecular complexity index is 976. The second-order valence-corrected chi connectivity index (χ2v) is 10.5. The first-order chi connectivity index (χ1) is 17.4. The fourth-order valence-electron chi connectivity index (χ4n) is 4.25. The first-order valence-corrected chi connectivity index (χ1v) is 12.4. The van der Waals surface area contributed by atoms with Crippen LogP contribution in [-0.4, -0.2) is 105 Å². The number of carboxylic acids is 1. The van der Waals surface area contributed by atoms with Crippen molar-refractivity contribution in [2.45, 2.75) is 64.8 Å². The highest BCUT2D eigenvalue weighted by atomic mass is 16.6. The van der Waals surface area contributed by atoms with Crippen LogP contribution in [0.5, 0.6) is 0 Å². The molecule has 13 heteroatoms. The van der Waals surface area contributed by atoms with Crippen LogP contribution in [-0.2, 0) is 19.1 Å². The van der Waals surface area contributed by atoms with Gasteiger partial charge in [0.1, 0.15) is 23.8 Å². The Hall–Kier alpha value is -3.64. The van der Waals surface area contributed by atoms with E-state index in [2.05, 4.69) is 15.3 Å². The normalized spacial score (nSPS) is 21.0. The van der Waals surface area contributed by atoms with Crippen LogP contribution in [0, 0.1) is 5.92 Å². The molecule has 0 saturated carbocycles. The summed E-state index contributed by atoms with van der Waals surface area (Å²) < 4.78 is 10.9. The van der Waals surface area contributed by atoms with Crippen LogP contribution >= 0.6 is 0 Å². The van der Waals surface area contributed by atoms with E-state index in [1.807, 2.05) is 4.90 Å². The van der Waals surface area contributed by atoms with Crippen molar-refractivity contribution in [2.24, 2.45) is 5.92 Å². The predicted molar refractivity (Wildman–Crippen MR) is 132 cm³/mol. The van der Waals surface area contributed by atoms with E-state index in [-0.39, 0.29) is 18.9 Å². The van der Waals surface area contributed by atoms with E-state index in [1.165, 1.54) is 0 Å². The predicted octanol–water partition coefficient (Wildman–Crippen LogP) is 1.34. The van der Waals surface area contributed by atoms with Crippen molar-refractivity contribution in [3.63, 3.8) is 0 Å². The molecule has 0 spiro atoms. The van der Waals surface area contributed by atoms with Gasteiger partial charge in [-0.2, -0.15) is 0 Å². The number of alkyl carbamates (subject to hydrolysis) is 1. The zero-order valence-electron chi connectivity index (χ0n) is 21.9. The summed E-state index contributed by atoms with van der Waals surface area (Å²) in [6.07, 6.45) is 1.14. The second kappa shape index (κ2) is 11.6. The molecule has 204 valence electrons. The lowest BCUT2D eigenvalue weighted by atomic mass is 10.0. The van der Waals surface area contributed by atoms with Gasteiger partial charge in [-0.05, 0) is 32.8 Å². The summed E-state index contributed by atoms with van der Waals surface area (Å²) in [6.45, 7) is 10.3. The Morgan fingerprint density at radius 3 is 2.24 bits per heavy atom. The smallest absolute Gasteiger partial charge is 0.410 e. The maximum Gasteiger partial charge on any atom is 0.410 e. The number of hydrogen-bond donors (Lipinski definition) is 2. The summed E-state index contributed by atoms with van der Waals surface area (Å²) in [5, 5.41) is 12.3. The number of likely N-dealkylation sites (tertiary alicyclic amines) is 1. The number of carbonyl (C=O) groups excluding carboxylic acids is 3. The minimum atomic E-state index is -1.21. The summed E-state index contributed by atoms with van der Waals surface area (Å²) >= 11 is 0. The lowest BCUT2D eigenvalue weighted by Gasteiger charge is -2.34. The van der Waals surface area contributed by atoms with E-state index in [0.717, 1.165) is 4.90 Å². The molecule has 1 aromatic heterocycles. The molecule has 3 rings (SSSR count). The van der Waals surface area contributed by atoms with Gasteiger partial charge in [0.05, 0.1) is 6.54 Å². The van der Waals surface area contributed by atoms with Gasteiger partial charge >= 0.3 is 18.2 Å². The fraction of sp³-hybridized carbons (Fsp3) is 0.667. The van der Waals surface area contributed by atoms with Gasteiger partial charge in [0.25, 0.3) is 0 Å². The summed E-state index contributed by atoms with van der Waals surface area (Å²) in [5.41, 5.74) is -0.759. The van der Waals surface area contributed by atoms with E-state index in [1.54, 1.807) is 58.0 Å². The number of nitrogens with one attached hydrogen (secondary N) is 1. The number of ether oxygens (including phenoxy) is 2. The van der Waals surface area contributed by atoms with Crippen LogP contribution in [0.3, 0.4) is 0 Å². The van der Waals surface area contributed by atoms with Crippen molar-refractivity contribution in [1.82, 2.24) is 25.1 Å². The maximum absolute atomic E-state index is 13.3. The molecule has 0 aromatic carbocycles. The number of carbonyl (C=O) groups is 4. The van der Waals surface area contributed by atoms with Gasteiger partial charge in [0.15, 0.2) is 0 Å². The van der Waals surface area contributed by atoms with Crippen molar-refractivity contribution in [2.75, 3.05) is 37.6 Å². The fourth-order valence-corrected chi connectivity index (χ4v) is 4.25. The topological polar surface area (TPSA) is 154 Å². The first-order valence-electron chi connectivity index (χ1n) is 12.4. The number of carboxylic acid groups (broad SMARTS) is 1. The number of amides is 3. The van der Waals surface area contributed by atoms with Crippen LogP contribution in [0.25, 0.3) is 0 Å². The van der Waals surface area contributed by atoms with Gasteiger partial charge in [0, 0.05) is 45.0 Å². The molecule has 0 aliphatic carbocycles. The highest BCUT2D eigenvalue weighted by Crippen LogP contribution is 2.24. The molecule has 2 fully saturated rings. The molecule has 0 radical (unpaired) electrons. The van der Waals surface area contributed by atoms with Gasteiger partial charge in [-0.25, -0.2) is 24.4 Å². The van der Waals surface area contributed by atoms with Crippen molar-refractivity contribution in [1.29, 1.82) is 0 Å². The number of piperazine rings is 1. The van der Waals surface area contributed by atoms with Crippen LogP contribution < -0.4 is 10.2 Å². The second-order valence-electron chi connectivity index (χ2n) is 10.5. The first kappa shape index (κ1) is 27.9. The third kappa shape index (κ3) is 7.43. The van der Waals surface area contributed by atoms with Crippen LogP contribution in [0.15, 0.2) is 18.5 Å². The van der Waals surface area contributed by atoms with Gasteiger partial charge in [-0.3, -0.25) is 4.79 Å². The van der Waals surface area contributed by atoms with Crippen molar-refractivity contribution in [3.05, 3.63) is 18.5 Å². The Morgan fingerprint density at radius 1 is 1.08 bits per heavy atom. The van der Waals surface area contributed by atoms with Crippen molar-refractivity contribution >= 4 is 30.0 Å². The molecule has 1 aromatic rings. The Labute approximate surface area is 216 Å². The highest BCUT2D eigenvalue weighted by molar-refractivity contribution is 5.90. The zero-order valence-corrected chi connectivity index (χ0v) is 21.9. The molecule has 2 aliphatic heterocycles. The summed E-state index contributed by atoms with van der Waals surface area (Å²) in [5.74, 6) is -1.52. The quantitative estimate of drug-likeness (QED) is 0.561. The third-order valence-corrected chi connectivity index (χ3v) is 6.08. The molecule has 0 bridgehead atoms. The molecule has 13 nitrogen and oxygen atoms in total. The number of aliphatic carboxylic acids is 1. The van der Waals surface area contributed by atoms with Crippen molar-refractivity contribution in [3.8, 4) is 0 Å². The Balaban J connectivity index is 1.60. The molecule has 0 unspecified atom stereocenters. The molecule has 2 N–H and O–H groups in total. The van der Waals surface area contributed by atoms with Gasteiger partial charge < -0.3 is 34.6 Å². The average molecular weight is 521 g/mol. The van der Waals surface area contributed by atoms with Gasteiger partial charge in [-0.1, -0.05) is 13.8 Å². The number of hydrogen-bond acceptors (Lipinski definition) is 9. The summed E-state index contributed by atoms with van der Waals surface area (Å²) in [4.78, 5) is 63.5. The Morgan fingerprint density at radius 2 is 1.70 bits per heavy atom.